The summed E-state index contributed by atoms with van der Waals surface area (Å²) in [6, 6.07) is 7.24. The van der Waals surface area contributed by atoms with Gasteiger partial charge in [-0.1, -0.05) is 0 Å². The molecule has 1 aromatic carbocycles. The van der Waals surface area contributed by atoms with Gasteiger partial charge in [0.2, 0.25) is 0 Å². The van der Waals surface area contributed by atoms with Gasteiger partial charge in [-0.25, -0.2) is 9.78 Å². The van der Waals surface area contributed by atoms with E-state index < -0.39 is 17.5 Å². The van der Waals surface area contributed by atoms with E-state index in [1.807, 2.05) is 4.90 Å². The van der Waals surface area contributed by atoms with Gasteiger partial charge >= 0.3 is 11.9 Å². The number of hydrogen-bond donors (Lipinski definition) is 2. The Morgan fingerprint density at radius 2 is 2.00 bits per heavy atom. The first kappa shape index (κ1) is 21.0. The quantitative estimate of drug-likeness (QED) is 0.641. The number of halogens is 3. The Balaban J connectivity index is 1.23. The minimum absolute atomic E-state index is 0.239. The SMILES string of the molecule is O=C(NCCC1CCN(c2ccc(C(F)(F)F)cn2)CC1)c1ccc2[nH]c(=O)oc2c1. The summed E-state index contributed by atoms with van der Waals surface area (Å²) >= 11 is 0. The topological polar surface area (TPSA) is 91.2 Å². The van der Waals surface area contributed by atoms with Crippen molar-refractivity contribution >= 4 is 22.8 Å². The van der Waals surface area contributed by atoms with Crippen molar-refractivity contribution in [3.05, 3.63) is 58.2 Å². The number of rotatable bonds is 5. The van der Waals surface area contributed by atoms with Gasteiger partial charge in [0.15, 0.2) is 5.58 Å². The van der Waals surface area contributed by atoms with E-state index in [1.165, 1.54) is 12.1 Å². The molecule has 0 saturated carbocycles. The molecule has 2 aromatic heterocycles. The number of benzene rings is 1. The summed E-state index contributed by atoms with van der Waals surface area (Å²) < 4.78 is 43.0. The van der Waals surface area contributed by atoms with Crippen molar-refractivity contribution in [3.63, 3.8) is 0 Å². The standard InChI is InChI=1S/C21H21F3N4O3/c22-21(23,24)15-2-4-18(26-12-15)28-9-6-13(7-10-28)5-8-25-19(29)14-1-3-16-17(11-14)31-20(30)27-16/h1-4,11-13H,5-10H2,(H,25,29)(H,27,30). The Morgan fingerprint density at radius 1 is 1.23 bits per heavy atom. The van der Waals surface area contributed by atoms with Crippen LogP contribution in [-0.4, -0.2) is 35.5 Å². The van der Waals surface area contributed by atoms with Gasteiger partial charge in [0.05, 0.1) is 11.1 Å². The molecular formula is C21H21F3N4O3. The smallest absolute Gasteiger partial charge is 0.408 e. The first-order chi connectivity index (χ1) is 14.8. The predicted octanol–water partition coefficient (Wildman–Crippen LogP) is 3.57. The highest BCUT2D eigenvalue weighted by Crippen LogP contribution is 2.30. The molecule has 2 N–H and O–H groups in total. The van der Waals surface area contributed by atoms with Gasteiger partial charge < -0.3 is 14.6 Å². The zero-order chi connectivity index (χ0) is 22.0. The zero-order valence-corrected chi connectivity index (χ0v) is 16.5. The lowest BCUT2D eigenvalue weighted by atomic mass is 9.93. The minimum Gasteiger partial charge on any atom is -0.408 e. The van der Waals surface area contributed by atoms with E-state index in [9.17, 15) is 22.8 Å². The molecule has 10 heteroatoms. The molecule has 0 atom stereocenters. The summed E-state index contributed by atoms with van der Waals surface area (Å²) in [6.07, 6.45) is -0.962. The summed E-state index contributed by atoms with van der Waals surface area (Å²) in [5.41, 5.74) is 0.538. The van der Waals surface area contributed by atoms with Gasteiger partial charge in [-0.15, -0.1) is 0 Å². The Morgan fingerprint density at radius 3 is 2.68 bits per heavy atom. The predicted molar refractivity (Wildman–Crippen MR) is 108 cm³/mol. The highest BCUT2D eigenvalue weighted by molar-refractivity contribution is 5.96. The minimum atomic E-state index is -4.38. The van der Waals surface area contributed by atoms with E-state index in [4.69, 9.17) is 4.42 Å². The maximum absolute atomic E-state index is 12.7. The zero-order valence-electron chi connectivity index (χ0n) is 16.5. The van der Waals surface area contributed by atoms with Crippen molar-refractivity contribution < 1.29 is 22.4 Å². The van der Waals surface area contributed by atoms with E-state index in [1.54, 1.807) is 12.1 Å². The van der Waals surface area contributed by atoms with Crippen molar-refractivity contribution in [2.45, 2.75) is 25.4 Å². The number of anilines is 1. The van der Waals surface area contributed by atoms with Crippen molar-refractivity contribution in [1.29, 1.82) is 0 Å². The lowest BCUT2D eigenvalue weighted by molar-refractivity contribution is -0.137. The number of H-pyrrole nitrogens is 1. The van der Waals surface area contributed by atoms with Gasteiger partial charge in [0.1, 0.15) is 5.82 Å². The molecular weight excluding hydrogens is 413 g/mol. The number of aromatic nitrogens is 2. The number of amides is 1. The second-order valence-electron chi connectivity index (χ2n) is 7.60. The van der Waals surface area contributed by atoms with Crippen molar-refractivity contribution in [2.24, 2.45) is 5.92 Å². The highest BCUT2D eigenvalue weighted by Gasteiger charge is 2.31. The van der Waals surface area contributed by atoms with Crippen LogP contribution >= 0.6 is 0 Å². The van der Waals surface area contributed by atoms with Crippen LogP contribution in [0.3, 0.4) is 0 Å². The average molecular weight is 434 g/mol. The Labute approximate surface area is 175 Å². The van der Waals surface area contributed by atoms with E-state index in [2.05, 4.69) is 15.3 Å². The molecule has 1 fully saturated rings. The van der Waals surface area contributed by atoms with Crippen LogP contribution in [0.25, 0.3) is 11.1 Å². The molecule has 1 saturated heterocycles. The lowest BCUT2D eigenvalue weighted by Crippen LogP contribution is -2.35. The molecule has 3 aromatic rings. The molecule has 0 unspecified atom stereocenters. The van der Waals surface area contributed by atoms with Crippen LogP contribution in [0, 0.1) is 5.92 Å². The van der Waals surface area contributed by atoms with Gasteiger partial charge in [-0.2, -0.15) is 13.2 Å². The van der Waals surface area contributed by atoms with Crippen LogP contribution in [0.2, 0.25) is 0 Å². The maximum Gasteiger partial charge on any atom is 0.417 e. The number of nitrogens with zero attached hydrogens (tertiary/aromatic N) is 2. The number of pyridine rings is 1. The summed E-state index contributed by atoms with van der Waals surface area (Å²) in [5, 5.41) is 2.88. The van der Waals surface area contributed by atoms with E-state index in [0.717, 1.165) is 31.5 Å². The summed E-state index contributed by atoms with van der Waals surface area (Å²) in [5.74, 6) is 0.158. The number of carbonyl (C=O) groups is 1. The number of oxazole rings is 1. The number of carbonyl (C=O) groups excluding carboxylic acids is 1. The normalized spacial score (nSPS) is 15.4. The van der Waals surface area contributed by atoms with E-state index in [0.29, 0.717) is 48.0 Å². The maximum atomic E-state index is 12.7. The van der Waals surface area contributed by atoms with Crippen LogP contribution in [0.1, 0.15) is 35.2 Å². The fraction of sp³-hybridized carbons (Fsp3) is 0.381. The van der Waals surface area contributed by atoms with Gasteiger partial charge in [0.25, 0.3) is 5.91 Å². The van der Waals surface area contributed by atoms with Gasteiger partial charge in [-0.3, -0.25) is 9.78 Å². The number of alkyl halides is 3. The third-order valence-corrected chi connectivity index (χ3v) is 5.54. The van der Waals surface area contributed by atoms with Crippen LogP contribution in [0.15, 0.2) is 45.7 Å². The molecule has 4 rings (SSSR count). The number of fused-ring (bicyclic) bond motifs is 1. The molecule has 0 spiro atoms. The van der Waals surface area contributed by atoms with Crippen molar-refractivity contribution in [3.8, 4) is 0 Å². The number of nitrogens with one attached hydrogen (secondary N) is 2. The van der Waals surface area contributed by atoms with Crippen LogP contribution < -0.4 is 16.0 Å². The molecule has 164 valence electrons. The first-order valence-electron chi connectivity index (χ1n) is 9.99. The summed E-state index contributed by atoms with van der Waals surface area (Å²) in [4.78, 5) is 32.0. The molecule has 1 amide bonds. The highest BCUT2D eigenvalue weighted by atomic mass is 19.4. The molecule has 0 aliphatic carbocycles. The first-order valence-corrected chi connectivity index (χ1v) is 9.99. The molecule has 31 heavy (non-hydrogen) atoms. The summed E-state index contributed by atoms with van der Waals surface area (Å²) in [6.45, 7) is 1.93. The fourth-order valence-electron chi connectivity index (χ4n) is 3.77. The van der Waals surface area contributed by atoms with E-state index >= 15 is 0 Å². The van der Waals surface area contributed by atoms with Crippen molar-refractivity contribution in [1.82, 2.24) is 15.3 Å². The number of aromatic amines is 1. The number of hydrogen-bond acceptors (Lipinski definition) is 5. The monoisotopic (exact) mass is 434 g/mol. The Bertz CT molecular complexity index is 1110. The number of piperidine rings is 1. The largest absolute Gasteiger partial charge is 0.417 e. The molecule has 0 bridgehead atoms. The van der Waals surface area contributed by atoms with Crippen LogP contribution in [-0.2, 0) is 6.18 Å². The fourth-order valence-corrected chi connectivity index (χ4v) is 3.77. The molecule has 1 aliphatic rings. The average Bonchev–Trinajstić information content (AvgIpc) is 3.13. The van der Waals surface area contributed by atoms with E-state index in [-0.39, 0.29) is 5.91 Å². The molecule has 0 radical (unpaired) electrons. The second kappa shape index (κ2) is 8.44. The lowest BCUT2D eigenvalue weighted by Gasteiger charge is -2.33. The van der Waals surface area contributed by atoms with Crippen LogP contribution in [0.4, 0.5) is 19.0 Å². The van der Waals surface area contributed by atoms with Crippen LogP contribution in [0.5, 0.6) is 0 Å². The third-order valence-electron chi connectivity index (χ3n) is 5.54. The third kappa shape index (κ3) is 4.89. The molecule has 7 nitrogen and oxygen atoms in total. The Hall–Kier alpha value is -3.30. The molecule has 1 aliphatic heterocycles. The summed E-state index contributed by atoms with van der Waals surface area (Å²) in [7, 11) is 0. The Kier molecular flexibility index (Phi) is 5.71. The second-order valence-corrected chi connectivity index (χ2v) is 7.60. The van der Waals surface area contributed by atoms with Gasteiger partial charge in [-0.05, 0) is 55.5 Å². The van der Waals surface area contributed by atoms with Gasteiger partial charge in [0, 0.05) is 31.4 Å². The van der Waals surface area contributed by atoms with Crippen molar-refractivity contribution in [2.75, 3.05) is 24.5 Å². The molecule has 3 heterocycles.